The average Bonchev–Trinajstić information content (AvgIpc) is 3.94. The molecule has 0 spiro atoms. The van der Waals surface area contributed by atoms with E-state index < -0.39 is 45.9 Å². The van der Waals surface area contributed by atoms with Crippen molar-refractivity contribution >= 4 is 37.0 Å². The minimum absolute atomic E-state index is 0. The van der Waals surface area contributed by atoms with Crippen LogP contribution in [-0.2, 0) is 118 Å². The van der Waals surface area contributed by atoms with Crippen molar-refractivity contribution in [2.75, 3.05) is 25.7 Å². The van der Waals surface area contributed by atoms with Gasteiger partial charge in [-0.2, -0.15) is 0 Å². The molecule has 6 rings (SSSR count). The van der Waals surface area contributed by atoms with Crippen LogP contribution in [0.4, 0.5) is 0 Å². The molecule has 0 atom stereocenters. The van der Waals surface area contributed by atoms with Crippen molar-refractivity contribution in [2.45, 2.75) is 128 Å². The zero-order valence-electron chi connectivity index (χ0n) is 32.0. The van der Waals surface area contributed by atoms with Crippen LogP contribution < -0.4 is 0 Å². The number of hydrogen-bond acceptors (Lipinski definition) is 12. The summed E-state index contributed by atoms with van der Waals surface area (Å²) >= 11 is -5.51. The Morgan fingerprint density at radius 3 is 0.588 bits per heavy atom. The third-order valence-electron chi connectivity index (χ3n) is 6.09. The van der Waals surface area contributed by atoms with Crippen molar-refractivity contribution in [3.8, 4) is 0 Å². The third-order valence-corrected chi connectivity index (χ3v) is 15.0. The summed E-state index contributed by atoms with van der Waals surface area (Å²) in [7, 11) is -0.657. The normalized spacial score (nSPS) is 16.6. The molecule has 2 aliphatic heterocycles. The van der Waals surface area contributed by atoms with E-state index in [1.165, 1.54) is 128 Å². The van der Waals surface area contributed by atoms with Crippen molar-refractivity contribution < 1.29 is 127 Å². The quantitative estimate of drug-likeness (QED) is 0.106. The van der Waals surface area contributed by atoms with Gasteiger partial charge in [0.05, 0.1) is 11.5 Å². The number of hydrogen-bond donors (Lipinski definition) is 2. The number of rotatable bonds is 0. The van der Waals surface area contributed by atoms with Gasteiger partial charge in [0.1, 0.15) is 0 Å². The van der Waals surface area contributed by atoms with Gasteiger partial charge in [-0.15, -0.1) is 0 Å². The van der Waals surface area contributed by atoms with E-state index in [9.17, 15) is 15.2 Å². The van der Waals surface area contributed by atoms with Gasteiger partial charge in [-0.1, -0.05) is 141 Å². The predicted molar refractivity (Wildman–Crippen MR) is 193 cm³/mol. The van der Waals surface area contributed by atoms with Gasteiger partial charge >= 0.3 is 89.1 Å². The number of sulfone groups is 1. The summed E-state index contributed by atoms with van der Waals surface area (Å²) in [5.41, 5.74) is 0. The zero-order valence-corrected chi connectivity index (χ0v) is 40.9. The van der Waals surface area contributed by atoms with Gasteiger partial charge in [0.2, 0.25) is 0 Å². The molecule has 4 saturated carbocycles. The van der Waals surface area contributed by atoms with E-state index in [0.29, 0.717) is 0 Å². The van der Waals surface area contributed by atoms with E-state index in [-0.39, 0.29) is 83.3 Å². The minimum atomic E-state index is -2.75. The summed E-state index contributed by atoms with van der Waals surface area (Å²) in [4.78, 5) is 31.0. The van der Waals surface area contributed by atoms with Gasteiger partial charge < -0.3 is 59.1 Å². The summed E-state index contributed by atoms with van der Waals surface area (Å²) < 4.78 is 48.5. The molecule has 310 valence electrons. The number of aliphatic hydroxyl groups excluding tert-OH is 2. The first-order valence-corrected chi connectivity index (χ1v) is 21.6. The average molecular weight is 1090 g/mol. The van der Waals surface area contributed by atoms with Crippen LogP contribution in [-0.4, -0.2) is 71.5 Å². The number of aliphatic hydroxyl groups is 2. The van der Waals surface area contributed by atoms with Crippen LogP contribution in [0.25, 0.3) is 0 Å². The van der Waals surface area contributed by atoms with E-state index in [0.717, 1.165) is 14.2 Å². The Balaban J connectivity index is -0.0000000331. The molecule has 4 aliphatic carbocycles. The van der Waals surface area contributed by atoms with E-state index in [1.54, 1.807) is 12.2 Å². The number of carbonyl (C=O) groups excluding carboxylic acids is 4. The first kappa shape index (κ1) is 84.2. The predicted octanol–water partition coefficient (Wildman–Crippen LogP) is 7.31. The molecular formula is C34H70Mo4O12S-2. The van der Waals surface area contributed by atoms with Crippen molar-refractivity contribution in [3.05, 3.63) is 41.9 Å². The first-order chi connectivity index (χ1) is 22.0. The van der Waals surface area contributed by atoms with E-state index >= 15 is 0 Å². The second kappa shape index (κ2) is 83.5. The monoisotopic (exact) mass is 1090 g/mol. The molecule has 5 fully saturated rings. The van der Waals surface area contributed by atoms with Crippen LogP contribution in [0, 0.1) is 29.7 Å². The van der Waals surface area contributed by atoms with Gasteiger partial charge in [0.25, 0.3) is 0 Å². The second-order valence-corrected chi connectivity index (χ2v) is 18.0. The van der Waals surface area contributed by atoms with Crippen LogP contribution in [0.15, 0.2) is 12.2 Å². The fourth-order valence-corrected chi connectivity index (χ4v) is 8.38. The SMILES string of the molecule is C1CCCC1.C1CCCC1.C1CCCC1.C1CCCC1.CO.CO.O=S1(=O)CC=CC1.[CH-]=O.[CH-]=O.[CH-]=O.[CH-]=O.[CH3-].[CH3-].[CH3-].[CH3-].[Mo+2].[Mo+4].[O]=[Mo]1[O][Mo](=[O])[O]1. The molecule has 0 bridgehead atoms. The standard InChI is InChI=1S/4C5H10.C4H6O2S.2CH4O.4CHO.4CH3.4Mo.4O/c4*1-2-4-5-3-1;5-7(6)3-1-2-4-7;6*1-2;;;;;;;;;;;;/h4*1-5H2;1-2H,3-4H2;2*2H,1H3;4*1H;4*1H3;;;;;;;;/q;;;;;;;8*-1;;;+2;+4;;;;. The Hall–Kier alpha value is 0.563. The Bertz CT molecular complexity index is 606. The summed E-state index contributed by atoms with van der Waals surface area (Å²) in [5.74, 6) is 0.486. The Labute approximate surface area is 356 Å². The van der Waals surface area contributed by atoms with Crippen molar-refractivity contribution in [3.63, 3.8) is 0 Å². The molecule has 0 radical (unpaired) electrons. The molecule has 2 heterocycles. The molecule has 17 heteroatoms. The van der Waals surface area contributed by atoms with Gasteiger partial charge in [-0.05, 0) is 0 Å². The van der Waals surface area contributed by atoms with Gasteiger partial charge in [0, 0.05) is 14.2 Å². The van der Waals surface area contributed by atoms with Crippen LogP contribution in [0.2, 0.25) is 0 Å². The maximum atomic E-state index is 10.4. The zero-order chi connectivity index (χ0) is 36.0. The summed E-state index contributed by atoms with van der Waals surface area (Å²) in [6.45, 7) is 13.0. The van der Waals surface area contributed by atoms with Gasteiger partial charge in [-0.3, -0.25) is 27.2 Å². The topological polar surface area (TPSA) is 195 Å². The molecule has 6 aliphatic rings. The van der Waals surface area contributed by atoms with Crippen molar-refractivity contribution in [1.82, 2.24) is 0 Å². The fraction of sp³-hybridized carbons (Fsp3) is 0.706. The van der Waals surface area contributed by atoms with E-state index in [4.69, 9.17) is 29.4 Å². The van der Waals surface area contributed by atoms with Crippen molar-refractivity contribution in [2.24, 2.45) is 0 Å². The molecule has 2 N–H and O–H groups in total. The van der Waals surface area contributed by atoms with E-state index in [1.807, 2.05) is 0 Å². The molecule has 0 aromatic rings. The van der Waals surface area contributed by atoms with Gasteiger partial charge in [0.15, 0.2) is 9.84 Å². The summed E-state index contributed by atoms with van der Waals surface area (Å²) in [6.07, 6.45) is 33.4. The van der Waals surface area contributed by atoms with Crippen molar-refractivity contribution in [1.29, 1.82) is 0 Å². The molecule has 0 aromatic heterocycles. The van der Waals surface area contributed by atoms with E-state index in [2.05, 4.69) is 31.2 Å². The van der Waals surface area contributed by atoms with Crippen LogP contribution in [0.1, 0.15) is 128 Å². The fourth-order valence-electron chi connectivity index (χ4n) is 4.13. The maximum absolute atomic E-state index is 10.4. The molecule has 0 aromatic carbocycles. The molecule has 1 saturated heterocycles. The first-order valence-electron chi connectivity index (χ1n) is 14.9. The third kappa shape index (κ3) is 84.5. The summed E-state index contributed by atoms with van der Waals surface area (Å²) in [5, 5.41) is 14.0. The van der Waals surface area contributed by atoms with Crippen LogP contribution in [0.3, 0.4) is 0 Å². The van der Waals surface area contributed by atoms with Crippen LogP contribution in [0.5, 0.6) is 0 Å². The Morgan fingerprint density at radius 2 is 0.549 bits per heavy atom. The second-order valence-electron chi connectivity index (χ2n) is 9.16. The molecular weight excluding hydrogens is 1020 g/mol. The van der Waals surface area contributed by atoms with Crippen LogP contribution >= 0.6 is 0 Å². The molecule has 0 amide bonds. The molecule has 12 nitrogen and oxygen atoms in total. The Kier molecular flexibility index (Phi) is 138. The Morgan fingerprint density at radius 1 is 0.431 bits per heavy atom. The molecule has 0 unspecified atom stereocenters. The van der Waals surface area contributed by atoms with Gasteiger partial charge in [-0.25, -0.2) is 8.42 Å². The summed E-state index contributed by atoms with van der Waals surface area (Å²) in [6, 6.07) is 0. The molecule has 51 heavy (non-hydrogen) atoms.